The smallest absolute Gasteiger partial charge is 0.127 e. The molecule has 0 saturated heterocycles. The van der Waals surface area contributed by atoms with Gasteiger partial charge in [-0.2, -0.15) is 0 Å². The maximum Gasteiger partial charge on any atom is 0.127 e. The van der Waals surface area contributed by atoms with Gasteiger partial charge >= 0.3 is 0 Å². The topological polar surface area (TPSA) is 34.4 Å². The van der Waals surface area contributed by atoms with Crippen LogP contribution in [0.4, 0.5) is 0 Å². The summed E-state index contributed by atoms with van der Waals surface area (Å²) in [5.74, 6) is 2.12. The highest BCUT2D eigenvalue weighted by atomic mass is 16.5. The SMILES string of the molecule is CCCNC(c1ccoc1CC)c1cccc2c1OCC2. The molecule has 0 spiro atoms. The summed E-state index contributed by atoms with van der Waals surface area (Å²) < 4.78 is 11.5. The Hall–Kier alpha value is -1.74. The third-order valence-corrected chi connectivity index (χ3v) is 4.07. The number of rotatable bonds is 6. The summed E-state index contributed by atoms with van der Waals surface area (Å²) >= 11 is 0. The number of ether oxygens (including phenoxy) is 1. The summed E-state index contributed by atoms with van der Waals surface area (Å²) in [6, 6.07) is 8.70. The molecule has 0 fully saturated rings. The lowest BCUT2D eigenvalue weighted by Gasteiger charge is -2.21. The normalized spacial score (nSPS) is 14.8. The Kier molecular flexibility index (Phi) is 4.30. The number of furan rings is 1. The second-order valence-electron chi connectivity index (χ2n) is 5.47. The molecule has 1 aliphatic heterocycles. The summed E-state index contributed by atoms with van der Waals surface area (Å²) in [6.45, 7) is 6.08. The molecule has 1 aromatic carbocycles. The molecule has 2 aromatic rings. The number of aryl methyl sites for hydroxylation is 1. The van der Waals surface area contributed by atoms with Crippen LogP contribution >= 0.6 is 0 Å². The van der Waals surface area contributed by atoms with Crippen LogP contribution < -0.4 is 10.1 Å². The zero-order valence-corrected chi connectivity index (χ0v) is 12.8. The van der Waals surface area contributed by atoms with Crippen LogP contribution in [-0.2, 0) is 12.8 Å². The van der Waals surface area contributed by atoms with E-state index >= 15 is 0 Å². The van der Waals surface area contributed by atoms with Gasteiger partial charge in [-0.3, -0.25) is 0 Å². The molecule has 0 aliphatic carbocycles. The Morgan fingerprint density at radius 1 is 1.19 bits per heavy atom. The first-order chi connectivity index (χ1) is 10.3. The minimum absolute atomic E-state index is 0.145. The number of hydrogen-bond acceptors (Lipinski definition) is 3. The number of hydrogen-bond donors (Lipinski definition) is 1. The lowest BCUT2D eigenvalue weighted by atomic mass is 9.95. The molecule has 0 bridgehead atoms. The first-order valence-corrected chi connectivity index (χ1v) is 7.89. The molecular weight excluding hydrogens is 262 g/mol. The molecule has 1 unspecified atom stereocenters. The van der Waals surface area contributed by atoms with E-state index in [1.54, 1.807) is 6.26 Å². The molecule has 1 aromatic heterocycles. The second kappa shape index (κ2) is 6.35. The van der Waals surface area contributed by atoms with Crippen molar-refractivity contribution in [3.63, 3.8) is 0 Å². The first kappa shape index (κ1) is 14.2. The molecular formula is C18H23NO2. The summed E-state index contributed by atoms with van der Waals surface area (Å²) in [7, 11) is 0. The van der Waals surface area contributed by atoms with Crippen molar-refractivity contribution >= 4 is 0 Å². The summed E-state index contributed by atoms with van der Waals surface area (Å²) in [5.41, 5.74) is 3.78. The fourth-order valence-corrected chi connectivity index (χ4v) is 3.04. The molecule has 1 atom stereocenters. The van der Waals surface area contributed by atoms with E-state index < -0.39 is 0 Å². The van der Waals surface area contributed by atoms with E-state index in [0.717, 1.165) is 43.9 Å². The Balaban J connectivity index is 2.02. The Morgan fingerprint density at radius 3 is 2.90 bits per heavy atom. The van der Waals surface area contributed by atoms with Gasteiger partial charge < -0.3 is 14.5 Å². The third-order valence-electron chi connectivity index (χ3n) is 4.07. The van der Waals surface area contributed by atoms with E-state index in [1.165, 1.54) is 16.7 Å². The molecule has 1 aliphatic rings. The van der Waals surface area contributed by atoms with Crippen LogP contribution in [-0.4, -0.2) is 13.2 Å². The standard InChI is InChI=1S/C18H23NO2/c1-3-10-19-17(14-9-12-20-16(14)4-2)15-7-5-6-13-8-11-21-18(13)15/h5-7,9,12,17,19H,3-4,8,10-11H2,1-2H3. The zero-order valence-electron chi connectivity index (χ0n) is 12.8. The number of nitrogens with one attached hydrogen (secondary N) is 1. The quantitative estimate of drug-likeness (QED) is 0.875. The van der Waals surface area contributed by atoms with Crippen molar-refractivity contribution < 1.29 is 9.15 Å². The van der Waals surface area contributed by atoms with Crippen LogP contribution in [0.5, 0.6) is 5.75 Å². The van der Waals surface area contributed by atoms with Crippen molar-refractivity contribution in [2.45, 2.75) is 39.2 Å². The highest BCUT2D eigenvalue weighted by Gasteiger charge is 2.25. The van der Waals surface area contributed by atoms with E-state index in [-0.39, 0.29) is 6.04 Å². The first-order valence-electron chi connectivity index (χ1n) is 7.89. The summed E-state index contributed by atoms with van der Waals surface area (Å²) in [5, 5.41) is 3.65. The maximum absolute atomic E-state index is 5.89. The van der Waals surface area contributed by atoms with Crippen molar-refractivity contribution in [3.05, 3.63) is 53.0 Å². The molecule has 0 radical (unpaired) electrons. The van der Waals surface area contributed by atoms with Crippen LogP contribution in [0.3, 0.4) is 0 Å². The minimum atomic E-state index is 0.145. The fraction of sp³-hybridized carbons (Fsp3) is 0.444. The van der Waals surface area contributed by atoms with Crippen LogP contribution in [0.15, 0.2) is 34.9 Å². The predicted molar refractivity (Wildman–Crippen MR) is 83.9 cm³/mol. The lowest BCUT2D eigenvalue weighted by molar-refractivity contribution is 0.350. The highest BCUT2D eigenvalue weighted by Crippen LogP contribution is 2.37. The lowest BCUT2D eigenvalue weighted by Crippen LogP contribution is -2.24. The molecule has 21 heavy (non-hydrogen) atoms. The Labute approximate surface area is 126 Å². The van der Waals surface area contributed by atoms with Crippen molar-refractivity contribution in [2.24, 2.45) is 0 Å². The molecule has 3 heteroatoms. The van der Waals surface area contributed by atoms with Gasteiger partial charge in [-0.1, -0.05) is 32.0 Å². The van der Waals surface area contributed by atoms with Gasteiger partial charge in [0.15, 0.2) is 0 Å². The molecule has 0 saturated carbocycles. The second-order valence-corrected chi connectivity index (χ2v) is 5.47. The predicted octanol–water partition coefficient (Wildman–Crippen LogP) is 3.87. The van der Waals surface area contributed by atoms with Gasteiger partial charge in [-0.15, -0.1) is 0 Å². The van der Waals surface area contributed by atoms with Gasteiger partial charge in [0.2, 0.25) is 0 Å². The van der Waals surface area contributed by atoms with Gasteiger partial charge in [0.1, 0.15) is 11.5 Å². The summed E-state index contributed by atoms with van der Waals surface area (Å²) in [4.78, 5) is 0. The maximum atomic E-state index is 5.89. The molecule has 0 amide bonds. The molecule has 1 N–H and O–H groups in total. The average Bonchev–Trinajstić information content (AvgIpc) is 3.16. The highest BCUT2D eigenvalue weighted by molar-refractivity contribution is 5.49. The monoisotopic (exact) mass is 285 g/mol. The van der Waals surface area contributed by atoms with E-state index in [4.69, 9.17) is 9.15 Å². The average molecular weight is 285 g/mol. The van der Waals surface area contributed by atoms with Crippen molar-refractivity contribution in [2.75, 3.05) is 13.2 Å². The van der Waals surface area contributed by atoms with Gasteiger partial charge in [0.05, 0.1) is 18.9 Å². The van der Waals surface area contributed by atoms with Crippen LogP contribution in [0.2, 0.25) is 0 Å². The van der Waals surface area contributed by atoms with E-state index in [0.29, 0.717) is 0 Å². The van der Waals surface area contributed by atoms with Crippen molar-refractivity contribution in [1.82, 2.24) is 5.32 Å². The number of para-hydroxylation sites is 1. The minimum Gasteiger partial charge on any atom is -0.493 e. The van der Waals surface area contributed by atoms with Crippen molar-refractivity contribution in [3.8, 4) is 5.75 Å². The molecule has 3 nitrogen and oxygen atoms in total. The van der Waals surface area contributed by atoms with Crippen LogP contribution in [0.1, 0.15) is 48.8 Å². The molecule has 112 valence electrons. The van der Waals surface area contributed by atoms with E-state index in [9.17, 15) is 0 Å². The van der Waals surface area contributed by atoms with Gasteiger partial charge in [-0.25, -0.2) is 0 Å². The Bertz CT molecular complexity index is 603. The summed E-state index contributed by atoms with van der Waals surface area (Å²) in [6.07, 6.45) is 4.81. The third kappa shape index (κ3) is 2.70. The van der Waals surface area contributed by atoms with Gasteiger partial charge in [-0.05, 0) is 24.6 Å². The van der Waals surface area contributed by atoms with E-state index in [2.05, 4.69) is 43.4 Å². The van der Waals surface area contributed by atoms with Crippen LogP contribution in [0, 0.1) is 0 Å². The largest absolute Gasteiger partial charge is 0.493 e. The Morgan fingerprint density at radius 2 is 2.10 bits per heavy atom. The number of benzene rings is 1. The van der Waals surface area contributed by atoms with E-state index in [1.807, 2.05) is 0 Å². The molecule has 2 heterocycles. The van der Waals surface area contributed by atoms with Crippen LogP contribution in [0.25, 0.3) is 0 Å². The number of fused-ring (bicyclic) bond motifs is 1. The fourth-order valence-electron chi connectivity index (χ4n) is 3.04. The zero-order chi connectivity index (χ0) is 14.7. The molecule has 3 rings (SSSR count). The van der Waals surface area contributed by atoms with Crippen molar-refractivity contribution in [1.29, 1.82) is 0 Å². The van der Waals surface area contributed by atoms with Gasteiger partial charge in [0, 0.05) is 24.0 Å². The van der Waals surface area contributed by atoms with Gasteiger partial charge in [0.25, 0.3) is 0 Å².